The van der Waals surface area contributed by atoms with Crippen molar-refractivity contribution < 1.29 is 19.1 Å². The second-order valence-corrected chi connectivity index (χ2v) is 7.56. The summed E-state index contributed by atoms with van der Waals surface area (Å²) in [6.07, 6.45) is 1.37. The van der Waals surface area contributed by atoms with Gasteiger partial charge in [-0.15, -0.1) is 0 Å². The lowest BCUT2D eigenvalue weighted by atomic mass is 10.2. The first-order chi connectivity index (χ1) is 13.4. The minimum atomic E-state index is -0.915. The number of para-hydroxylation sites is 1. The molecule has 2 rings (SSSR count). The number of primary amides is 1. The minimum absolute atomic E-state index is 0.233. The van der Waals surface area contributed by atoms with Gasteiger partial charge in [0, 0.05) is 31.9 Å². The van der Waals surface area contributed by atoms with Crippen LogP contribution in [0.1, 0.15) is 13.3 Å². The van der Waals surface area contributed by atoms with E-state index in [9.17, 15) is 14.4 Å². The van der Waals surface area contributed by atoms with E-state index in [2.05, 4.69) is 10.2 Å². The van der Waals surface area contributed by atoms with Crippen molar-refractivity contribution >= 4 is 35.4 Å². The summed E-state index contributed by atoms with van der Waals surface area (Å²) in [7, 11) is 0. The van der Waals surface area contributed by atoms with Crippen LogP contribution >= 0.6 is 11.8 Å². The summed E-state index contributed by atoms with van der Waals surface area (Å²) in [5.74, 6) is -0.218. The molecular weight excluding hydrogens is 380 g/mol. The summed E-state index contributed by atoms with van der Waals surface area (Å²) in [6, 6.07) is 8.39. The Labute approximate surface area is 169 Å². The summed E-state index contributed by atoms with van der Waals surface area (Å²) in [6.45, 7) is 4.11. The number of ether oxygens (including phenoxy) is 1. The maximum atomic E-state index is 12.6. The van der Waals surface area contributed by atoms with Gasteiger partial charge in [0.05, 0.1) is 0 Å². The quantitative estimate of drug-likeness (QED) is 0.623. The molecule has 9 heteroatoms. The van der Waals surface area contributed by atoms with E-state index >= 15 is 0 Å². The Morgan fingerprint density at radius 3 is 2.39 bits per heavy atom. The Morgan fingerprint density at radius 2 is 1.82 bits per heavy atom. The molecule has 3 amide bonds. The third-order valence-corrected chi connectivity index (χ3v) is 5.21. The lowest BCUT2D eigenvalue weighted by Gasteiger charge is -2.37. The van der Waals surface area contributed by atoms with E-state index < -0.39 is 24.1 Å². The van der Waals surface area contributed by atoms with Crippen molar-refractivity contribution in [2.24, 2.45) is 5.73 Å². The number of amides is 3. The smallest absolute Gasteiger partial charge is 0.329 e. The molecule has 0 saturated carbocycles. The van der Waals surface area contributed by atoms with E-state index in [-0.39, 0.29) is 5.91 Å². The molecule has 0 radical (unpaired) electrons. The van der Waals surface area contributed by atoms with Crippen molar-refractivity contribution in [3.05, 3.63) is 30.3 Å². The number of benzene rings is 1. The summed E-state index contributed by atoms with van der Waals surface area (Å²) in [4.78, 5) is 40.0. The summed E-state index contributed by atoms with van der Waals surface area (Å²) >= 11 is 1.54. The summed E-state index contributed by atoms with van der Waals surface area (Å²) < 4.78 is 5.31. The number of esters is 1. The second kappa shape index (κ2) is 10.8. The molecule has 8 nitrogen and oxygen atoms in total. The van der Waals surface area contributed by atoms with Gasteiger partial charge in [0.25, 0.3) is 5.91 Å². The van der Waals surface area contributed by atoms with Crippen LogP contribution in [0.25, 0.3) is 0 Å². The zero-order chi connectivity index (χ0) is 20.5. The predicted octanol–water partition coefficient (Wildman–Crippen LogP) is 1.06. The van der Waals surface area contributed by atoms with Gasteiger partial charge in [0.15, 0.2) is 6.10 Å². The topological polar surface area (TPSA) is 105 Å². The molecule has 1 aromatic carbocycles. The van der Waals surface area contributed by atoms with Crippen molar-refractivity contribution in [2.75, 3.05) is 43.1 Å². The summed E-state index contributed by atoms with van der Waals surface area (Å²) in [5, 5.41) is 2.38. The molecule has 0 spiro atoms. The number of carbonyl (C=O) groups is 3. The van der Waals surface area contributed by atoms with Crippen LogP contribution in [-0.4, -0.2) is 73.1 Å². The average molecular weight is 409 g/mol. The Kier molecular flexibility index (Phi) is 8.43. The monoisotopic (exact) mass is 408 g/mol. The van der Waals surface area contributed by atoms with E-state index in [0.717, 1.165) is 18.8 Å². The molecular formula is C19H28N4O4S. The highest BCUT2D eigenvalue weighted by Crippen LogP contribution is 2.16. The largest absolute Gasteiger partial charge is 0.451 e. The first-order valence-corrected chi connectivity index (χ1v) is 10.7. The highest BCUT2D eigenvalue weighted by atomic mass is 32.2. The number of urea groups is 1. The first kappa shape index (κ1) is 21.9. The van der Waals surface area contributed by atoms with Crippen LogP contribution in [0.15, 0.2) is 30.3 Å². The fourth-order valence-corrected chi connectivity index (χ4v) is 3.52. The van der Waals surface area contributed by atoms with E-state index in [0.29, 0.717) is 25.3 Å². The SMILES string of the molecule is CSCC[C@H](NC(N)=O)C(=O)O[C@H](C)C(=O)N1CCN(c2ccccc2)CC1. The van der Waals surface area contributed by atoms with Gasteiger partial charge in [-0.2, -0.15) is 11.8 Å². The average Bonchev–Trinajstić information content (AvgIpc) is 2.71. The van der Waals surface area contributed by atoms with Crippen molar-refractivity contribution in [2.45, 2.75) is 25.5 Å². The molecule has 2 atom stereocenters. The lowest BCUT2D eigenvalue weighted by Crippen LogP contribution is -2.52. The number of anilines is 1. The molecule has 28 heavy (non-hydrogen) atoms. The number of nitrogens with one attached hydrogen (secondary N) is 1. The van der Waals surface area contributed by atoms with E-state index in [4.69, 9.17) is 10.5 Å². The Bertz CT molecular complexity index is 665. The number of piperazine rings is 1. The van der Waals surface area contributed by atoms with Gasteiger partial charge in [-0.3, -0.25) is 4.79 Å². The lowest BCUT2D eigenvalue weighted by molar-refractivity contribution is -0.160. The zero-order valence-electron chi connectivity index (χ0n) is 16.3. The number of nitrogens with zero attached hydrogens (tertiary/aromatic N) is 2. The van der Waals surface area contributed by atoms with Crippen LogP contribution in [0.2, 0.25) is 0 Å². The van der Waals surface area contributed by atoms with Crippen LogP contribution in [-0.2, 0) is 14.3 Å². The number of hydrogen-bond donors (Lipinski definition) is 2. The number of nitrogens with two attached hydrogens (primary N) is 1. The number of carbonyl (C=O) groups excluding carboxylic acids is 3. The van der Waals surface area contributed by atoms with Crippen molar-refractivity contribution in [3.8, 4) is 0 Å². The maximum Gasteiger partial charge on any atom is 0.329 e. The molecule has 154 valence electrons. The Hall–Kier alpha value is -2.42. The normalized spacial score (nSPS) is 16.2. The molecule has 1 saturated heterocycles. The summed E-state index contributed by atoms with van der Waals surface area (Å²) in [5.41, 5.74) is 6.25. The van der Waals surface area contributed by atoms with Crippen molar-refractivity contribution in [1.82, 2.24) is 10.2 Å². The Morgan fingerprint density at radius 1 is 1.18 bits per heavy atom. The van der Waals surface area contributed by atoms with E-state index in [1.165, 1.54) is 0 Å². The van der Waals surface area contributed by atoms with E-state index in [1.807, 2.05) is 36.6 Å². The number of hydrogen-bond acceptors (Lipinski definition) is 6. The fourth-order valence-electron chi connectivity index (χ4n) is 3.04. The Balaban J connectivity index is 1.86. The minimum Gasteiger partial charge on any atom is -0.451 e. The highest BCUT2D eigenvalue weighted by Gasteiger charge is 2.30. The maximum absolute atomic E-state index is 12.6. The molecule has 3 N–H and O–H groups in total. The van der Waals surface area contributed by atoms with Gasteiger partial charge >= 0.3 is 12.0 Å². The third kappa shape index (κ3) is 6.33. The fraction of sp³-hybridized carbons (Fsp3) is 0.526. The molecule has 1 aromatic rings. The van der Waals surface area contributed by atoms with Crippen LogP contribution in [0, 0.1) is 0 Å². The van der Waals surface area contributed by atoms with Gasteiger partial charge in [-0.1, -0.05) is 18.2 Å². The molecule has 1 aliphatic rings. The molecule has 1 aliphatic heterocycles. The predicted molar refractivity (Wildman–Crippen MR) is 110 cm³/mol. The van der Waals surface area contributed by atoms with Crippen LogP contribution in [0.3, 0.4) is 0 Å². The molecule has 0 unspecified atom stereocenters. The first-order valence-electron chi connectivity index (χ1n) is 9.26. The van der Waals surface area contributed by atoms with Gasteiger partial charge in [-0.05, 0) is 37.5 Å². The molecule has 0 aliphatic carbocycles. The van der Waals surface area contributed by atoms with Crippen molar-refractivity contribution in [3.63, 3.8) is 0 Å². The van der Waals surface area contributed by atoms with Crippen LogP contribution in [0.4, 0.5) is 10.5 Å². The molecule has 1 fully saturated rings. The standard InChI is InChI=1S/C19H28N4O4S/c1-14(27-18(25)16(8-13-28-2)21-19(20)26)17(24)23-11-9-22(10-12-23)15-6-4-3-5-7-15/h3-7,14,16H,8-13H2,1-2H3,(H3,20,21,26)/t14-,16+/m1/s1. The molecule has 0 bridgehead atoms. The molecule has 1 heterocycles. The number of rotatable bonds is 8. The van der Waals surface area contributed by atoms with Crippen LogP contribution < -0.4 is 16.0 Å². The van der Waals surface area contributed by atoms with Gasteiger partial charge in [0.2, 0.25) is 0 Å². The van der Waals surface area contributed by atoms with Gasteiger partial charge < -0.3 is 25.6 Å². The van der Waals surface area contributed by atoms with E-state index in [1.54, 1.807) is 23.6 Å². The highest BCUT2D eigenvalue weighted by molar-refractivity contribution is 7.98. The van der Waals surface area contributed by atoms with Gasteiger partial charge in [-0.25, -0.2) is 9.59 Å². The van der Waals surface area contributed by atoms with Crippen molar-refractivity contribution in [1.29, 1.82) is 0 Å². The third-order valence-electron chi connectivity index (χ3n) is 4.57. The second-order valence-electron chi connectivity index (χ2n) is 6.57. The zero-order valence-corrected chi connectivity index (χ0v) is 17.1. The number of thioether (sulfide) groups is 1. The van der Waals surface area contributed by atoms with Gasteiger partial charge in [0.1, 0.15) is 6.04 Å². The molecule has 0 aromatic heterocycles. The van der Waals surface area contributed by atoms with Crippen LogP contribution in [0.5, 0.6) is 0 Å².